The van der Waals surface area contributed by atoms with E-state index in [1.54, 1.807) is 17.0 Å². The number of aryl methyl sites for hydroxylation is 1. The fourth-order valence-corrected chi connectivity index (χ4v) is 3.95. The second-order valence-electron chi connectivity index (χ2n) is 7.55. The van der Waals surface area contributed by atoms with Crippen LogP contribution in [0.5, 0.6) is 0 Å². The highest BCUT2D eigenvalue weighted by Gasteiger charge is 2.41. The Morgan fingerprint density at radius 1 is 1.32 bits per heavy atom. The van der Waals surface area contributed by atoms with Crippen LogP contribution in [0.2, 0.25) is 0 Å². The molecule has 2 aromatic rings. The molecule has 3 rings (SSSR count). The number of hydrogen-bond acceptors (Lipinski definition) is 3. The van der Waals surface area contributed by atoms with E-state index in [0.717, 1.165) is 25.9 Å². The van der Waals surface area contributed by atoms with E-state index < -0.39 is 0 Å². The predicted molar refractivity (Wildman–Crippen MR) is 97.5 cm³/mol. The predicted octanol–water partition coefficient (Wildman–Crippen LogP) is 3.07. The van der Waals surface area contributed by atoms with Crippen LogP contribution in [0.1, 0.15) is 49.3 Å². The van der Waals surface area contributed by atoms with E-state index in [-0.39, 0.29) is 16.9 Å². The Morgan fingerprint density at radius 2 is 2.08 bits per heavy atom. The van der Waals surface area contributed by atoms with Crippen LogP contribution in [0, 0.1) is 0 Å². The number of imidazole rings is 1. The van der Waals surface area contributed by atoms with Crippen LogP contribution in [0.3, 0.4) is 0 Å². The maximum atomic E-state index is 12.3. The SMILES string of the molecule is Cn1ccnc1C(=O)NCC[C@]1(c2ccccc2)CCOC(C)(C)C1. The third-order valence-electron chi connectivity index (χ3n) is 5.14. The van der Waals surface area contributed by atoms with Crippen molar-refractivity contribution in [3.63, 3.8) is 0 Å². The highest BCUT2D eigenvalue weighted by molar-refractivity contribution is 5.90. The third-order valence-corrected chi connectivity index (χ3v) is 5.14. The lowest BCUT2D eigenvalue weighted by Gasteiger charge is -2.45. The van der Waals surface area contributed by atoms with Gasteiger partial charge in [-0.1, -0.05) is 30.3 Å². The lowest BCUT2D eigenvalue weighted by molar-refractivity contribution is -0.0838. The number of aromatic nitrogens is 2. The van der Waals surface area contributed by atoms with Crippen molar-refractivity contribution in [2.24, 2.45) is 7.05 Å². The van der Waals surface area contributed by atoms with E-state index in [0.29, 0.717) is 12.4 Å². The van der Waals surface area contributed by atoms with Gasteiger partial charge in [0.1, 0.15) is 0 Å². The summed E-state index contributed by atoms with van der Waals surface area (Å²) < 4.78 is 7.68. The Kier molecular flexibility index (Phi) is 4.95. The molecule has 0 aliphatic carbocycles. The summed E-state index contributed by atoms with van der Waals surface area (Å²) in [6, 6.07) is 10.6. The van der Waals surface area contributed by atoms with Crippen LogP contribution in [-0.2, 0) is 17.2 Å². The van der Waals surface area contributed by atoms with E-state index in [9.17, 15) is 4.79 Å². The van der Waals surface area contributed by atoms with Gasteiger partial charge in [-0.15, -0.1) is 0 Å². The number of nitrogens with one attached hydrogen (secondary N) is 1. The van der Waals surface area contributed by atoms with Crippen molar-refractivity contribution >= 4 is 5.91 Å². The minimum absolute atomic E-state index is 0.0257. The summed E-state index contributed by atoms with van der Waals surface area (Å²) in [5, 5.41) is 3.03. The Balaban J connectivity index is 1.73. The van der Waals surface area contributed by atoms with Gasteiger partial charge in [0, 0.05) is 38.0 Å². The van der Waals surface area contributed by atoms with Crippen molar-refractivity contribution in [1.29, 1.82) is 0 Å². The normalized spacial score (nSPS) is 22.5. The molecule has 134 valence electrons. The minimum atomic E-state index is -0.155. The van der Waals surface area contributed by atoms with Gasteiger partial charge in [0.05, 0.1) is 5.60 Å². The maximum Gasteiger partial charge on any atom is 0.287 e. The van der Waals surface area contributed by atoms with Crippen LogP contribution in [0.25, 0.3) is 0 Å². The number of benzene rings is 1. The maximum absolute atomic E-state index is 12.3. The molecule has 1 saturated heterocycles. The molecule has 1 aromatic heterocycles. The summed E-state index contributed by atoms with van der Waals surface area (Å²) in [7, 11) is 1.83. The first kappa shape index (κ1) is 17.7. The quantitative estimate of drug-likeness (QED) is 0.909. The zero-order valence-corrected chi connectivity index (χ0v) is 15.3. The van der Waals surface area contributed by atoms with E-state index in [4.69, 9.17) is 4.74 Å². The van der Waals surface area contributed by atoms with Gasteiger partial charge in [0.15, 0.2) is 5.82 Å². The van der Waals surface area contributed by atoms with Crippen LogP contribution >= 0.6 is 0 Å². The molecule has 0 saturated carbocycles. The zero-order chi connectivity index (χ0) is 17.9. The molecular formula is C20H27N3O2. The number of rotatable bonds is 5. The molecule has 1 aliphatic heterocycles. The van der Waals surface area contributed by atoms with Crippen LogP contribution < -0.4 is 5.32 Å². The summed E-state index contributed by atoms with van der Waals surface area (Å²) in [5.41, 5.74) is 1.20. The molecule has 1 atom stereocenters. The van der Waals surface area contributed by atoms with Gasteiger partial charge in [0.2, 0.25) is 0 Å². The van der Waals surface area contributed by atoms with Crippen LogP contribution in [0.4, 0.5) is 0 Å². The van der Waals surface area contributed by atoms with Crippen molar-refractivity contribution in [2.75, 3.05) is 13.2 Å². The first-order chi connectivity index (χ1) is 11.9. The fraction of sp³-hybridized carbons (Fsp3) is 0.500. The summed E-state index contributed by atoms with van der Waals surface area (Å²) in [4.78, 5) is 16.4. The summed E-state index contributed by atoms with van der Waals surface area (Å²) in [5.74, 6) is 0.322. The highest BCUT2D eigenvalue weighted by atomic mass is 16.5. The topological polar surface area (TPSA) is 56.2 Å². The lowest BCUT2D eigenvalue weighted by atomic mass is 9.67. The largest absolute Gasteiger partial charge is 0.376 e. The lowest BCUT2D eigenvalue weighted by Crippen LogP contribution is -2.45. The Hall–Kier alpha value is -2.14. The Labute approximate surface area is 149 Å². The Bertz CT molecular complexity index is 724. The second-order valence-corrected chi connectivity index (χ2v) is 7.55. The molecule has 1 aromatic carbocycles. The number of carbonyl (C=O) groups is 1. The van der Waals surface area contributed by atoms with E-state index in [1.807, 2.05) is 13.1 Å². The van der Waals surface area contributed by atoms with Crippen molar-refractivity contribution in [3.05, 3.63) is 54.1 Å². The zero-order valence-electron chi connectivity index (χ0n) is 15.3. The van der Waals surface area contributed by atoms with Crippen molar-refractivity contribution < 1.29 is 9.53 Å². The van der Waals surface area contributed by atoms with Gasteiger partial charge in [0.25, 0.3) is 5.91 Å². The smallest absolute Gasteiger partial charge is 0.287 e. The fourth-order valence-electron chi connectivity index (χ4n) is 3.95. The minimum Gasteiger partial charge on any atom is -0.376 e. The summed E-state index contributed by atoms with van der Waals surface area (Å²) in [6.45, 7) is 5.67. The van der Waals surface area contributed by atoms with Gasteiger partial charge in [-0.25, -0.2) is 4.98 Å². The van der Waals surface area contributed by atoms with E-state index in [2.05, 4.69) is 48.4 Å². The molecule has 0 unspecified atom stereocenters. The Morgan fingerprint density at radius 3 is 2.72 bits per heavy atom. The molecule has 25 heavy (non-hydrogen) atoms. The number of nitrogens with zero attached hydrogens (tertiary/aromatic N) is 2. The standard InChI is InChI=1S/C20H27N3O2/c1-19(2)15-20(10-14-25-19,16-7-5-4-6-8-16)9-11-22-18(24)17-21-12-13-23(17)3/h4-8,12-13H,9-11,14-15H2,1-3H3,(H,22,24)/t20-/m0/s1. The van der Waals surface area contributed by atoms with Gasteiger partial charge < -0.3 is 14.6 Å². The monoisotopic (exact) mass is 341 g/mol. The van der Waals surface area contributed by atoms with Crippen LogP contribution in [0.15, 0.2) is 42.7 Å². The van der Waals surface area contributed by atoms with E-state index in [1.165, 1.54) is 5.56 Å². The van der Waals surface area contributed by atoms with Crippen molar-refractivity contribution in [1.82, 2.24) is 14.9 Å². The van der Waals surface area contributed by atoms with Gasteiger partial charge in [-0.3, -0.25) is 4.79 Å². The molecule has 1 aliphatic rings. The summed E-state index contributed by atoms with van der Waals surface area (Å²) >= 11 is 0. The molecule has 1 N–H and O–H groups in total. The van der Waals surface area contributed by atoms with Gasteiger partial charge in [-0.05, 0) is 38.7 Å². The molecule has 1 fully saturated rings. The van der Waals surface area contributed by atoms with Gasteiger partial charge in [-0.2, -0.15) is 0 Å². The van der Waals surface area contributed by atoms with Crippen molar-refractivity contribution in [2.45, 2.75) is 44.1 Å². The molecule has 0 bridgehead atoms. The van der Waals surface area contributed by atoms with Crippen LogP contribution in [-0.4, -0.2) is 34.2 Å². The number of hydrogen-bond donors (Lipinski definition) is 1. The summed E-state index contributed by atoms with van der Waals surface area (Å²) in [6.07, 6.45) is 6.23. The van der Waals surface area contributed by atoms with Gasteiger partial charge >= 0.3 is 0 Å². The average molecular weight is 341 g/mol. The molecule has 0 spiro atoms. The number of amides is 1. The molecule has 2 heterocycles. The number of ether oxygens (including phenoxy) is 1. The first-order valence-electron chi connectivity index (χ1n) is 8.87. The van der Waals surface area contributed by atoms with E-state index >= 15 is 0 Å². The first-order valence-corrected chi connectivity index (χ1v) is 8.87. The molecule has 5 nitrogen and oxygen atoms in total. The second kappa shape index (κ2) is 7.00. The third kappa shape index (κ3) is 3.93. The highest BCUT2D eigenvalue weighted by Crippen LogP contribution is 2.43. The average Bonchev–Trinajstić information content (AvgIpc) is 3.01. The number of carbonyl (C=O) groups excluding carboxylic acids is 1. The van der Waals surface area contributed by atoms with Crippen molar-refractivity contribution in [3.8, 4) is 0 Å². The molecule has 1 amide bonds. The molecular weight excluding hydrogens is 314 g/mol. The molecule has 0 radical (unpaired) electrons. The molecule has 5 heteroatoms.